The standard InChI is InChI=1S/C22H20F2N6O/c23-14-1-2-15(16(24)11-14)19-20(30-9-10-31-22(30)28-19)17-3-6-25-21(26-17)27-18-12-29-7-4-13(18)5-8-29/h1-3,6,9-11,13,18H,4-5,7-8,12H2,(H,25,26,27)/t18-/m1/s1. The lowest BCUT2D eigenvalue weighted by Gasteiger charge is -2.44. The maximum absolute atomic E-state index is 14.6. The van der Waals surface area contributed by atoms with Crippen LogP contribution in [0.1, 0.15) is 12.8 Å². The summed E-state index contributed by atoms with van der Waals surface area (Å²) in [5.41, 5.74) is 1.66. The van der Waals surface area contributed by atoms with Crippen LogP contribution in [-0.4, -0.2) is 49.9 Å². The Balaban J connectivity index is 1.41. The van der Waals surface area contributed by atoms with Crippen LogP contribution in [0.4, 0.5) is 14.7 Å². The fraction of sp³-hybridized carbons (Fsp3) is 0.318. The Morgan fingerprint density at radius 2 is 1.97 bits per heavy atom. The van der Waals surface area contributed by atoms with Crippen LogP contribution in [0.25, 0.3) is 28.5 Å². The lowest BCUT2D eigenvalue weighted by atomic mass is 9.84. The molecule has 7 rings (SSSR count). The molecule has 0 aliphatic carbocycles. The number of imidazole rings is 1. The zero-order valence-corrected chi connectivity index (χ0v) is 16.6. The molecule has 0 unspecified atom stereocenters. The van der Waals surface area contributed by atoms with Crippen LogP contribution in [0.3, 0.4) is 0 Å². The molecule has 3 aliphatic heterocycles. The van der Waals surface area contributed by atoms with Crippen molar-refractivity contribution in [1.29, 1.82) is 0 Å². The first-order valence-corrected chi connectivity index (χ1v) is 10.4. The molecule has 0 saturated carbocycles. The van der Waals surface area contributed by atoms with Gasteiger partial charge in [-0.05, 0) is 50.0 Å². The third-order valence-corrected chi connectivity index (χ3v) is 6.32. The molecule has 7 nitrogen and oxygen atoms in total. The molecule has 9 heteroatoms. The van der Waals surface area contributed by atoms with E-state index in [4.69, 9.17) is 9.40 Å². The van der Waals surface area contributed by atoms with Crippen molar-refractivity contribution in [2.75, 3.05) is 25.0 Å². The van der Waals surface area contributed by atoms with Crippen LogP contribution in [0, 0.1) is 17.6 Å². The molecule has 0 amide bonds. The Hall–Kier alpha value is -3.33. The van der Waals surface area contributed by atoms with Gasteiger partial charge in [-0.15, -0.1) is 0 Å². The first kappa shape index (κ1) is 18.4. The molecule has 1 N–H and O–H groups in total. The van der Waals surface area contributed by atoms with Crippen LogP contribution in [0.5, 0.6) is 0 Å². The maximum atomic E-state index is 14.6. The van der Waals surface area contributed by atoms with E-state index in [2.05, 4.69) is 20.2 Å². The second-order valence-corrected chi connectivity index (χ2v) is 8.14. The van der Waals surface area contributed by atoms with Gasteiger partial charge >= 0.3 is 5.84 Å². The summed E-state index contributed by atoms with van der Waals surface area (Å²) in [7, 11) is 0. The fourth-order valence-corrected chi connectivity index (χ4v) is 4.75. The van der Waals surface area contributed by atoms with E-state index in [9.17, 15) is 8.78 Å². The summed E-state index contributed by atoms with van der Waals surface area (Å²) in [4.78, 5) is 16.0. The van der Waals surface area contributed by atoms with Crippen LogP contribution >= 0.6 is 0 Å². The number of oxazole rings is 1. The summed E-state index contributed by atoms with van der Waals surface area (Å²) >= 11 is 0. The number of hydrogen-bond acceptors (Lipinski definition) is 6. The van der Waals surface area contributed by atoms with E-state index in [0.717, 1.165) is 25.7 Å². The summed E-state index contributed by atoms with van der Waals surface area (Å²) < 4.78 is 35.2. The highest BCUT2D eigenvalue weighted by Crippen LogP contribution is 2.34. The van der Waals surface area contributed by atoms with Crippen molar-refractivity contribution in [3.8, 4) is 22.6 Å². The van der Waals surface area contributed by atoms with Crippen molar-refractivity contribution >= 4 is 11.8 Å². The van der Waals surface area contributed by atoms with Gasteiger partial charge in [-0.3, -0.25) is 4.40 Å². The second kappa shape index (κ2) is 7.12. The smallest absolute Gasteiger partial charge is 0.306 e. The minimum Gasteiger partial charge on any atom is -0.432 e. The van der Waals surface area contributed by atoms with Gasteiger partial charge in [0.1, 0.15) is 29.3 Å². The van der Waals surface area contributed by atoms with Gasteiger partial charge < -0.3 is 14.6 Å². The number of fused-ring (bicyclic) bond motifs is 4. The van der Waals surface area contributed by atoms with Crippen molar-refractivity contribution in [3.63, 3.8) is 0 Å². The average Bonchev–Trinajstić information content (AvgIpc) is 3.36. The molecular weight excluding hydrogens is 402 g/mol. The van der Waals surface area contributed by atoms with Crippen LogP contribution < -0.4 is 5.32 Å². The number of aromatic nitrogens is 4. The molecule has 31 heavy (non-hydrogen) atoms. The Morgan fingerprint density at radius 1 is 1.10 bits per heavy atom. The summed E-state index contributed by atoms with van der Waals surface area (Å²) in [6, 6.07) is 5.50. The van der Waals surface area contributed by atoms with E-state index < -0.39 is 11.6 Å². The maximum Gasteiger partial charge on any atom is 0.306 e. The van der Waals surface area contributed by atoms with Gasteiger partial charge in [0.05, 0.1) is 5.69 Å². The normalized spacial score (nSPS) is 22.8. The predicted octanol–water partition coefficient (Wildman–Crippen LogP) is 3.84. The predicted molar refractivity (Wildman–Crippen MR) is 110 cm³/mol. The van der Waals surface area contributed by atoms with Crippen LogP contribution in [-0.2, 0) is 0 Å². The molecule has 0 radical (unpaired) electrons. The van der Waals surface area contributed by atoms with Gasteiger partial charge in [0.15, 0.2) is 0 Å². The van der Waals surface area contributed by atoms with Crippen molar-refractivity contribution in [3.05, 3.63) is 54.6 Å². The van der Waals surface area contributed by atoms with Gasteiger partial charge in [0.2, 0.25) is 5.95 Å². The summed E-state index contributed by atoms with van der Waals surface area (Å²) in [5.74, 6) is 0.120. The lowest BCUT2D eigenvalue weighted by Crippen LogP contribution is -2.53. The number of hydrogen-bond donors (Lipinski definition) is 1. The Morgan fingerprint density at radius 3 is 2.74 bits per heavy atom. The van der Waals surface area contributed by atoms with Gasteiger partial charge in [0, 0.05) is 36.6 Å². The third-order valence-electron chi connectivity index (χ3n) is 6.32. The van der Waals surface area contributed by atoms with E-state index >= 15 is 0 Å². The summed E-state index contributed by atoms with van der Waals surface area (Å²) in [6.45, 7) is 3.30. The van der Waals surface area contributed by atoms with E-state index in [1.807, 2.05) is 0 Å². The molecule has 1 atom stereocenters. The number of piperidine rings is 3. The quantitative estimate of drug-likeness (QED) is 0.539. The molecule has 4 aromatic rings. The van der Waals surface area contributed by atoms with Gasteiger partial charge in [-0.1, -0.05) is 0 Å². The zero-order valence-electron chi connectivity index (χ0n) is 16.6. The first-order chi connectivity index (χ1) is 15.2. The number of nitrogens with zero attached hydrogens (tertiary/aromatic N) is 5. The molecule has 158 valence electrons. The van der Waals surface area contributed by atoms with E-state index in [0.29, 0.717) is 40.8 Å². The first-order valence-electron chi connectivity index (χ1n) is 10.4. The molecule has 3 saturated heterocycles. The highest BCUT2D eigenvalue weighted by molar-refractivity contribution is 5.80. The second-order valence-electron chi connectivity index (χ2n) is 8.14. The van der Waals surface area contributed by atoms with E-state index in [1.54, 1.807) is 22.9 Å². The van der Waals surface area contributed by atoms with Crippen molar-refractivity contribution in [2.24, 2.45) is 5.92 Å². The van der Waals surface area contributed by atoms with E-state index in [-0.39, 0.29) is 5.56 Å². The molecule has 2 bridgehead atoms. The molecular formula is C22H20F2N6O. The number of anilines is 1. The number of nitrogens with one attached hydrogen (secondary N) is 1. The van der Waals surface area contributed by atoms with Crippen molar-refractivity contribution in [1.82, 2.24) is 24.3 Å². The topological polar surface area (TPSA) is 71.5 Å². The SMILES string of the molecule is Fc1ccc(-c2nc3occn3c2-c2ccnc(N[C@@H]3CN4CCC3CC4)n2)c(F)c1. The van der Waals surface area contributed by atoms with Gasteiger partial charge in [-0.25, -0.2) is 18.7 Å². The average molecular weight is 422 g/mol. The number of halogens is 2. The lowest BCUT2D eigenvalue weighted by molar-refractivity contribution is 0.0972. The fourth-order valence-electron chi connectivity index (χ4n) is 4.75. The largest absolute Gasteiger partial charge is 0.432 e. The van der Waals surface area contributed by atoms with Crippen LogP contribution in [0.2, 0.25) is 0 Å². The minimum absolute atomic E-state index is 0.181. The van der Waals surface area contributed by atoms with Gasteiger partial charge in [-0.2, -0.15) is 4.98 Å². The number of rotatable bonds is 4. The minimum atomic E-state index is -0.693. The molecule has 3 aromatic heterocycles. The Labute approximate surface area is 176 Å². The van der Waals surface area contributed by atoms with Crippen LogP contribution in [0.15, 0.2) is 47.3 Å². The number of benzene rings is 1. The van der Waals surface area contributed by atoms with Crippen molar-refractivity contribution < 1.29 is 13.2 Å². The summed E-state index contributed by atoms with van der Waals surface area (Å²) in [5, 5.41) is 3.49. The van der Waals surface area contributed by atoms with E-state index in [1.165, 1.54) is 31.2 Å². The molecule has 3 aliphatic rings. The highest BCUT2D eigenvalue weighted by Gasteiger charge is 2.34. The molecule has 3 fully saturated rings. The summed E-state index contributed by atoms with van der Waals surface area (Å²) in [6.07, 6.45) is 7.25. The zero-order chi connectivity index (χ0) is 20.9. The molecule has 0 spiro atoms. The Kier molecular flexibility index (Phi) is 4.24. The van der Waals surface area contributed by atoms with Crippen molar-refractivity contribution in [2.45, 2.75) is 18.9 Å². The molecule has 6 heterocycles. The monoisotopic (exact) mass is 422 g/mol. The molecule has 1 aromatic carbocycles. The highest BCUT2D eigenvalue weighted by atomic mass is 19.1. The Bertz CT molecular complexity index is 1260. The third kappa shape index (κ3) is 3.16. The van der Waals surface area contributed by atoms with Gasteiger partial charge in [0.25, 0.3) is 0 Å².